The zero-order valence-corrected chi connectivity index (χ0v) is 15.3. The van der Waals surface area contributed by atoms with Crippen LogP contribution in [0.1, 0.15) is 37.3 Å². The van der Waals surface area contributed by atoms with Gasteiger partial charge < -0.3 is 10.1 Å². The molecule has 0 unspecified atom stereocenters. The van der Waals surface area contributed by atoms with Gasteiger partial charge in [-0.25, -0.2) is 4.79 Å². The fourth-order valence-corrected chi connectivity index (χ4v) is 3.02. The topological polar surface area (TPSA) is 55.4 Å². The summed E-state index contributed by atoms with van der Waals surface area (Å²) in [5.41, 5.74) is 2.13. The van der Waals surface area contributed by atoms with E-state index in [-0.39, 0.29) is 11.8 Å². The van der Waals surface area contributed by atoms with Crippen LogP contribution in [0.4, 0.5) is 0 Å². The van der Waals surface area contributed by atoms with Crippen molar-refractivity contribution in [3.05, 3.63) is 64.4 Å². The molecule has 1 amide bonds. The molecule has 0 fully saturated rings. The Morgan fingerprint density at radius 2 is 2.00 bits per heavy atom. The number of nitrogens with one attached hydrogen (secondary N) is 1. The third kappa shape index (κ3) is 6.19. The summed E-state index contributed by atoms with van der Waals surface area (Å²) in [6.07, 6.45) is 3.10. The molecule has 0 aliphatic rings. The molecule has 1 aromatic carbocycles. The van der Waals surface area contributed by atoms with E-state index in [9.17, 15) is 9.59 Å². The number of esters is 1. The molecular weight excluding hydrogens is 334 g/mol. The minimum absolute atomic E-state index is 0.242. The number of amides is 1. The number of rotatable bonds is 8. The van der Waals surface area contributed by atoms with Crippen LogP contribution in [0.3, 0.4) is 0 Å². The van der Waals surface area contributed by atoms with Crippen LogP contribution in [0.15, 0.2) is 53.2 Å². The van der Waals surface area contributed by atoms with Gasteiger partial charge >= 0.3 is 5.97 Å². The quantitative estimate of drug-likeness (QED) is 0.574. The van der Waals surface area contributed by atoms with Crippen LogP contribution in [0, 0.1) is 0 Å². The van der Waals surface area contributed by atoms with Crippen LogP contribution in [0.5, 0.6) is 0 Å². The molecule has 0 bridgehead atoms. The van der Waals surface area contributed by atoms with Crippen LogP contribution in [-0.2, 0) is 14.3 Å². The van der Waals surface area contributed by atoms with Gasteiger partial charge in [-0.3, -0.25) is 4.79 Å². The molecule has 5 heteroatoms. The van der Waals surface area contributed by atoms with Gasteiger partial charge in [0.25, 0.3) is 5.91 Å². The van der Waals surface area contributed by atoms with Crippen molar-refractivity contribution in [2.45, 2.75) is 32.3 Å². The summed E-state index contributed by atoms with van der Waals surface area (Å²) in [6.45, 7) is 4.18. The molecule has 2 rings (SSSR count). The highest BCUT2D eigenvalue weighted by atomic mass is 32.1. The molecule has 2 aromatic rings. The van der Waals surface area contributed by atoms with Gasteiger partial charge in [-0.05, 0) is 47.4 Å². The lowest BCUT2D eigenvalue weighted by molar-refractivity contribution is -0.150. The molecule has 0 spiro atoms. The molecule has 0 radical (unpaired) electrons. The maximum atomic E-state index is 12.2. The summed E-state index contributed by atoms with van der Waals surface area (Å²) in [5, 5.41) is 6.72. The van der Waals surface area contributed by atoms with E-state index < -0.39 is 12.1 Å². The second-order valence-corrected chi connectivity index (χ2v) is 6.51. The Hall–Kier alpha value is -2.40. The minimum atomic E-state index is -0.826. The summed E-state index contributed by atoms with van der Waals surface area (Å²) in [4.78, 5) is 23.9. The van der Waals surface area contributed by atoms with Crippen molar-refractivity contribution in [1.82, 2.24) is 5.32 Å². The Labute approximate surface area is 152 Å². The van der Waals surface area contributed by atoms with E-state index in [1.807, 2.05) is 35.0 Å². The first-order valence-electron chi connectivity index (χ1n) is 8.33. The van der Waals surface area contributed by atoms with Crippen molar-refractivity contribution in [1.29, 1.82) is 0 Å². The summed E-state index contributed by atoms with van der Waals surface area (Å²) < 4.78 is 5.15. The SMILES string of the molecule is CC[C@@H](CNC(=O)[C@@H](C)OC(=O)/C=C/c1ccsc1)c1ccccc1. The van der Waals surface area contributed by atoms with Crippen LogP contribution in [0.25, 0.3) is 6.08 Å². The van der Waals surface area contributed by atoms with Crippen LogP contribution in [0.2, 0.25) is 0 Å². The molecule has 4 nitrogen and oxygen atoms in total. The van der Waals surface area contributed by atoms with E-state index in [1.165, 1.54) is 11.6 Å². The number of thiophene rings is 1. The molecule has 1 N–H and O–H groups in total. The van der Waals surface area contributed by atoms with E-state index in [0.29, 0.717) is 6.54 Å². The Balaban J connectivity index is 1.80. The third-order valence-electron chi connectivity index (χ3n) is 3.90. The van der Waals surface area contributed by atoms with E-state index in [4.69, 9.17) is 4.74 Å². The Morgan fingerprint density at radius 1 is 1.24 bits per heavy atom. The zero-order valence-electron chi connectivity index (χ0n) is 14.5. The fourth-order valence-electron chi connectivity index (χ4n) is 2.39. The second-order valence-electron chi connectivity index (χ2n) is 5.73. The lowest BCUT2D eigenvalue weighted by Crippen LogP contribution is -2.37. The number of ether oxygens (including phenoxy) is 1. The molecule has 0 aliphatic heterocycles. The first-order chi connectivity index (χ1) is 12.1. The molecule has 25 heavy (non-hydrogen) atoms. The largest absolute Gasteiger partial charge is 0.449 e. The molecule has 132 valence electrons. The van der Waals surface area contributed by atoms with Crippen molar-refractivity contribution < 1.29 is 14.3 Å². The summed E-state index contributed by atoms with van der Waals surface area (Å²) in [6, 6.07) is 12.0. The Bertz CT molecular complexity index is 695. The van der Waals surface area contributed by atoms with Gasteiger partial charge in [-0.1, -0.05) is 37.3 Å². The highest BCUT2D eigenvalue weighted by Gasteiger charge is 2.18. The molecule has 1 aromatic heterocycles. The fraction of sp³-hybridized carbons (Fsp3) is 0.300. The first kappa shape index (κ1) is 18.9. The summed E-state index contributed by atoms with van der Waals surface area (Å²) in [7, 11) is 0. The van der Waals surface area contributed by atoms with E-state index >= 15 is 0 Å². The third-order valence-corrected chi connectivity index (χ3v) is 4.61. The number of carbonyl (C=O) groups excluding carboxylic acids is 2. The molecule has 0 aliphatic carbocycles. The van der Waals surface area contributed by atoms with Gasteiger partial charge in [0.2, 0.25) is 0 Å². The van der Waals surface area contributed by atoms with Crippen LogP contribution < -0.4 is 5.32 Å². The molecule has 0 saturated heterocycles. The molecular formula is C20H23NO3S. The van der Waals surface area contributed by atoms with E-state index in [1.54, 1.807) is 24.3 Å². The lowest BCUT2D eigenvalue weighted by atomic mass is 9.96. The van der Waals surface area contributed by atoms with Gasteiger partial charge in [0.05, 0.1) is 0 Å². The molecule has 1 heterocycles. The standard InChI is InChI=1S/C20H23NO3S/c1-3-17(18-7-5-4-6-8-18)13-21-20(23)15(2)24-19(22)10-9-16-11-12-25-14-16/h4-12,14-15,17H,3,13H2,1-2H3,(H,21,23)/b10-9+/t15-,17+/m1/s1. The normalized spacial score (nSPS) is 13.4. The summed E-state index contributed by atoms with van der Waals surface area (Å²) in [5.74, 6) is -0.567. The molecule has 2 atom stereocenters. The highest BCUT2D eigenvalue weighted by molar-refractivity contribution is 7.08. The molecule has 0 saturated carbocycles. The van der Waals surface area contributed by atoms with Crippen molar-refractivity contribution in [2.75, 3.05) is 6.54 Å². The van der Waals surface area contributed by atoms with Crippen molar-refractivity contribution in [3.8, 4) is 0 Å². The van der Waals surface area contributed by atoms with Crippen molar-refractivity contribution in [3.63, 3.8) is 0 Å². The van der Waals surface area contributed by atoms with Crippen LogP contribution in [-0.4, -0.2) is 24.5 Å². The Morgan fingerprint density at radius 3 is 2.64 bits per heavy atom. The van der Waals surface area contributed by atoms with Crippen molar-refractivity contribution >= 4 is 29.3 Å². The predicted molar refractivity (Wildman–Crippen MR) is 101 cm³/mol. The number of carbonyl (C=O) groups is 2. The Kier molecular flexibility index (Phi) is 7.41. The second kappa shape index (κ2) is 9.79. The van der Waals surface area contributed by atoms with Gasteiger partial charge in [0, 0.05) is 18.5 Å². The lowest BCUT2D eigenvalue weighted by Gasteiger charge is -2.18. The van der Waals surface area contributed by atoms with Gasteiger partial charge in [-0.15, -0.1) is 0 Å². The van der Waals surface area contributed by atoms with Crippen molar-refractivity contribution in [2.24, 2.45) is 0 Å². The zero-order chi connectivity index (χ0) is 18.1. The maximum Gasteiger partial charge on any atom is 0.331 e. The first-order valence-corrected chi connectivity index (χ1v) is 9.28. The predicted octanol–water partition coefficient (Wildman–Crippen LogP) is 4.00. The average Bonchev–Trinajstić information content (AvgIpc) is 3.14. The highest BCUT2D eigenvalue weighted by Crippen LogP contribution is 2.18. The van der Waals surface area contributed by atoms with Gasteiger partial charge in [0.1, 0.15) is 0 Å². The number of benzene rings is 1. The van der Waals surface area contributed by atoms with Crippen LogP contribution >= 0.6 is 11.3 Å². The summed E-state index contributed by atoms with van der Waals surface area (Å²) >= 11 is 1.55. The van der Waals surface area contributed by atoms with Gasteiger partial charge in [-0.2, -0.15) is 11.3 Å². The smallest absolute Gasteiger partial charge is 0.331 e. The minimum Gasteiger partial charge on any atom is -0.449 e. The van der Waals surface area contributed by atoms with E-state index in [0.717, 1.165) is 12.0 Å². The maximum absolute atomic E-state index is 12.2. The van der Waals surface area contributed by atoms with E-state index in [2.05, 4.69) is 24.4 Å². The van der Waals surface area contributed by atoms with Gasteiger partial charge in [0.15, 0.2) is 6.10 Å². The number of hydrogen-bond donors (Lipinski definition) is 1. The monoisotopic (exact) mass is 357 g/mol. The number of hydrogen-bond acceptors (Lipinski definition) is 4. The average molecular weight is 357 g/mol.